The van der Waals surface area contributed by atoms with E-state index >= 15 is 0 Å². The molecule has 6 nitrogen and oxygen atoms in total. The van der Waals surface area contributed by atoms with E-state index in [0.717, 1.165) is 23.5 Å². The van der Waals surface area contributed by atoms with Gasteiger partial charge in [0, 0.05) is 5.92 Å². The second-order valence-corrected chi connectivity index (χ2v) is 8.73. The highest BCUT2D eigenvalue weighted by Crippen LogP contribution is 2.35. The van der Waals surface area contributed by atoms with Gasteiger partial charge in [0.25, 0.3) is 5.91 Å². The molecule has 0 atom stereocenters. The maximum Gasteiger partial charge on any atom is 0.260 e. The van der Waals surface area contributed by atoms with Gasteiger partial charge in [-0.3, -0.25) is 10.1 Å². The van der Waals surface area contributed by atoms with Crippen molar-refractivity contribution >= 4 is 22.4 Å². The summed E-state index contributed by atoms with van der Waals surface area (Å²) in [5.41, 5.74) is 1.97. The van der Waals surface area contributed by atoms with Crippen LogP contribution in [0.25, 0.3) is 5.69 Å². The molecule has 2 aromatic heterocycles. The fraction of sp³-hybridized carbons (Fsp3) is 0.429. The van der Waals surface area contributed by atoms with E-state index in [1.165, 1.54) is 42.7 Å². The quantitative estimate of drug-likeness (QED) is 0.617. The van der Waals surface area contributed by atoms with Gasteiger partial charge in [-0.1, -0.05) is 44.4 Å². The third kappa shape index (κ3) is 4.22. The van der Waals surface area contributed by atoms with Crippen LogP contribution in [0.5, 0.6) is 0 Å². The molecule has 0 bridgehead atoms. The molecule has 2 heterocycles. The van der Waals surface area contributed by atoms with E-state index in [9.17, 15) is 9.18 Å². The van der Waals surface area contributed by atoms with Crippen molar-refractivity contribution in [3.8, 4) is 5.69 Å². The van der Waals surface area contributed by atoms with Crippen LogP contribution in [0.4, 0.5) is 9.52 Å². The van der Waals surface area contributed by atoms with E-state index in [4.69, 9.17) is 0 Å². The number of nitrogens with zero attached hydrogens (tertiary/aromatic N) is 4. The highest BCUT2D eigenvalue weighted by atomic mass is 32.1. The van der Waals surface area contributed by atoms with Gasteiger partial charge >= 0.3 is 0 Å². The zero-order chi connectivity index (χ0) is 20.4. The number of rotatable bonds is 5. The smallest absolute Gasteiger partial charge is 0.260 e. The Hall–Kier alpha value is -2.61. The molecular formula is C21H24FN5OS. The first-order valence-electron chi connectivity index (χ1n) is 10.0. The molecule has 0 aliphatic heterocycles. The average Bonchev–Trinajstić information content (AvgIpc) is 3.36. The lowest BCUT2D eigenvalue weighted by Crippen LogP contribution is -2.15. The SMILES string of the molecule is CC(C)c1c(C(=O)Nc2nnc(C3CCCCC3)s2)cnn1-c1ccc(F)cc1. The summed E-state index contributed by atoms with van der Waals surface area (Å²) in [6.45, 7) is 4.00. The maximum atomic E-state index is 13.3. The van der Waals surface area contributed by atoms with Gasteiger partial charge in [-0.25, -0.2) is 9.07 Å². The zero-order valence-electron chi connectivity index (χ0n) is 16.6. The molecular weight excluding hydrogens is 389 g/mol. The van der Waals surface area contributed by atoms with Crippen molar-refractivity contribution in [2.75, 3.05) is 5.32 Å². The molecule has 29 heavy (non-hydrogen) atoms. The number of hydrogen-bond donors (Lipinski definition) is 1. The first-order chi connectivity index (χ1) is 14.0. The van der Waals surface area contributed by atoms with Gasteiger partial charge in [0.15, 0.2) is 0 Å². The van der Waals surface area contributed by atoms with E-state index < -0.39 is 0 Å². The Kier molecular flexibility index (Phi) is 5.71. The number of amides is 1. The first kappa shape index (κ1) is 19.7. The fourth-order valence-corrected chi connectivity index (χ4v) is 4.75. The largest absolute Gasteiger partial charge is 0.296 e. The Morgan fingerprint density at radius 1 is 1.17 bits per heavy atom. The predicted molar refractivity (Wildman–Crippen MR) is 111 cm³/mol. The molecule has 1 saturated carbocycles. The Bertz CT molecular complexity index is 989. The summed E-state index contributed by atoms with van der Waals surface area (Å²) < 4.78 is 15.0. The van der Waals surface area contributed by atoms with E-state index in [1.807, 2.05) is 13.8 Å². The Morgan fingerprint density at radius 3 is 2.59 bits per heavy atom. The number of benzene rings is 1. The number of carbonyl (C=O) groups excluding carboxylic acids is 1. The topological polar surface area (TPSA) is 72.7 Å². The van der Waals surface area contributed by atoms with Crippen molar-refractivity contribution in [2.24, 2.45) is 0 Å². The van der Waals surface area contributed by atoms with Crippen LogP contribution in [0, 0.1) is 5.82 Å². The molecule has 3 aromatic rings. The monoisotopic (exact) mass is 413 g/mol. The van der Waals surface area contributed by atoms with Crippen LogP contribution in [0.3, 0.4) is 0 Å². The molecule has 8 heteroatoms. The Morgan fingerprint density at radius 2 is 1.90 bits per heavy atom. The minimum atomic E-state index is -0.310. The van der Waals surface area contributed by atoms with Crippen molar-refractivity contribution in [3.63, 3.8) is 0 Å². The van der Waals surface area contributed by atoms with Crippen LogP contribution in [0.2, 0.25) is 0 Å². The molecule has 1 aromatic carbocycles. The fourth-order valence-electron chi connectivity index (χ4n) is 3.84. The number of carbonyl (C=O) groups is 1. The number of halogens is 1. The Labute approximate surface area is 173 Å². The summed E-state index contributed by atoms with van der Waals surface area (Å²) in [5, 5.41) is 17.3. The van der Waals surface area contributed by atoms with Gasteiger partial charge in [-0.2, -0.15) is 5.10 Å². The molecule has 0 unspecified atom stereocenters. The lowest BCUT2D eigenvalue weighted by atomic mass is 9.90. The number of nitrogens with one attached hydrogen (secondary N) is 1. The molecule has 0 radical (unpaired) electrons. The van der Waals surface area contributed by atoms with Crippen molar-refractivity contribution in [2.45, 2.75) is 57.8 Å². The standard InChI is InChI=1S/C21H24FN5OS/c1-13(2)18-17(12-23-27(18)16-10-8-15(22)9-11-16)19(28)24-21-26-25-20(29-21)14-6-4-3-5-7-14/h8-14H,3-7H2,1-2H3,(H,24,26,28). The third-order valence-electron chi connectivity index (χ3n) is 5.28. The molecule has 0 saturated heterocycles. The lowest BCUT2D eigenvalue weighted by molar-refractivity contribution is 0.102. The zero-order valence-corrected chi connectivity index (χ0v) is 17.4. The summed E-state index contributed by atoms with van der Waals surface area (Å²) in [6.07, 6.45) is 7.58. The molecule has 1 aliphatic rings. The summed E-state index contributed by atoms with van der Waals surface area (Å²) >= 11 is 1.46. The molecule has 1 amide bonds. The average molecular weight is 414 g/mol. The highest BCUT2D eigenvalue weighted by molar-refractivity contribution is 7.15. The minimum absolute atomic E-state index is 0.0514. The van der Waals surface area contributed by atoms with Crippen molar-refractivity contribution in [1.29, 1.82) is 0 Å². The summed E-state index contributed by atoms with van der Waals surface area (Å²) in [7, 11) is 0. The molecule has 1 fully saturated rings. The van der Waals surface area contributed by atoms with Crippen LogP contribution in [0.15, 0.2) is 30.5 Å². The summed E-state index contributed by atoms with van der Waals surface area (Å²) in [5.74, 6) is -0.0571. The molecule has 1 aliphatic carbocycles. The van der Waals surface area contributed by atoms with Gasteiger partial charge in [-0.15, -0.1) is 10.2 Å². The van der Waals surface area contributed by atoms with Crippen molar-refractivity contribution in [1.82, 2.24) is 20.0 Å². The molecule has 0 spiro atoms. The summed E-state index contributed by atoms with van der Waals surface area (Å²) in [6, 6.07) is 6.07. The summed E-state index contributed by atoms with van der Waals surface area (Å²) in [4.78, 5) is 12.9. The molecule has 152 valence electrons. The normalized spacial score (nSPS) is 15.0. The van der Waals surface area contributed by atoms with Crippen LogP contribution < -0.4 is 5.32 Å². The van der Waals surface area contributed by atoms with Gasteiger partial charge in [0.05, 0.1) is 23.1 Å². The molecule has 4 rings (SSSR count). The van der Waals surface area contributed by atoms with E-state index in [-0.39, 0.29) is 17.6 Å². The first-order valence-corrected chi connectivity index (χ1v) is 10.8. The lowest BCUT2D eigenvalue weighted by Gasteiger charge is -2.18. The van der Waals surface area contributed by atoms with Crippen LogP contribution in [-0.2, 0) is 0 Å². The van der Waals surface area contributed by atoms with E-state index in [1.54, 1.807) is 23.0 Å². The molecule has 1 N–H and O–H groups in total. The highest BCUT2D eigenvalue weighted by Gasteiger charge is 2.23. The van der Waals surface area contributed by atoms with Gasteiger partial charge < -0.3 is 0 Å². The van der Waals surface area contributed by atoms with Gasteiger partial charge in [0.2, 0.25) is 5.13 Å². The van der Waals surface area contributed by atoms with E-state index in [0.29, 0.717) is 22.3 Å². The Balaban J connectivity index is 1.56. The van der Waals surface area contributed by atoms with Crippen molar-refractivity contribution < 1.29 is 9.18 Å². The number of aromatic nitrogens is 4. The second-order valence-electron chi connectivity index (χ2n) is 7.72. The predicted octanol–water partition coefficient (Wildman–Crippen LogP) is 5.29. The van der Waals surface area contributed by atoms with Crippen LogP contribution in [-0.4, -0.2) is 25.9 Å². The van der Waals surface area contributed by atoms with Crippen LogP contribution in [0.1, 0.15) is 78.8 Å². The maximum absolute atomic E-state index is 13.3. The van der Waals surface area contributed by atoms with Crippen molar-refractivity contribution in [3.05, 3.63) is 52.5 Å². The second kappa shape index (κ2) is 8.41. The van der Waals surface area contributed by atoms with Gasteiger partial charge in [-0.05, 0) is 43.0 Å². The van der Waals surface area contributed by atoms with Gasteiger partial charge in [0.1, 0.15) is 10.8 Å². The number of hydrogen-bond acceptors (Lipinski definition) is 5. The third-order valence-corrected chi connectivity index (χ3v) is 6.29. The van der Waals surface area contributed by atoms with Crippen LogP contribution >= 0.6 is 11.3 Å². The number of anilines is 1. The minimum Gasteiger partial charge on any atom is -0.296 e. The van der Waals surface area contributed by atoms with E-state index in [2.05, 4.69) is 20.6 Å².